The van der Waals surface area contributed by atoms with Gasteiger partial charge in [0.2, 0.25) is 5.82 Å². The number of alkyl halides is 2. The SMILES string of the molecule is CC=CCCC1CCC(c2ccc(-c3ccc(OCC(F)F)c(F)c3F)cc2)CC1. The van der Waals surface area contributed by atoms with Crippen molar-refractivity contribution in [3.05, 3.63) is 65.7 Å². The highest BCUT2D eigenvalue weighted by Gasteiger charge is 2.22. The minimum atomic E-state index is -2.75. The number of hydrogen-bond acceptors (Lipinski definition) is 1. The lowest BCUT2D eigenvalue weighted by Crippen LogP contribution is -2.13. The number of ether oxygens (including phenoxy) is 1. The van der Waals surface area contributed by atoms with Crippen molar-refractivity contribution in [2.45, 2.75) is 57.8 Å². The fourth-order valence-corrected chi connectivity index (χ4v) is 4.24. The zero-order valence-electron chi connectivity index (χ0n) is 17.2. The summed E-state index contributed by atoms with van der Waals surface area (Å²) in [5.74, 6) is -1.53. The van der Waals surface area contributed by atoms with Gasteiger partial charge in [-0.25, -0.2) is 13.2 Å². The van der Waals surface area contributed by atoms with Gasteiger partial charge < -0.3 is 4.74 Å². The highest BCUT2D eigenvalue weighted by Crippen LogP contribution is 2.38. The van der Waals surface area contributed by atoms with E-state index < -0.39 is 30.4 Å². The highest BCUT2D eigenvalue weighted by atomic mass is 19.3. The Bertz CT molecular complexity index is 837. The summed E-state index contributed by atoms with van der Waals surface area (Å²) in [5.41, 5.74) is 1.87. The molecule has 0 amide bonds. The van der Waals surface area contributed by atoms with Crippen molar-refractivity contribution in [2.75, 3.05) is 6.61 Å². The topological polar surface area (TPSA) is 9.23 Å². The number of benzene rings is 2. The van der Waals surface area contributed by atoms with Crippen LogP contribution in [0.1, 0.15) is 56.9 Å². The maximum absolute atomic E-state index is 14.5. The Labute approximate surface area is 175 Å². The van der Waals surface area contributed by atoms with Crippen molar-refractivity contribution in [3.63, 3.8) is 0 Å². The fourth-order valence-electron chi connectivity index (χ4n) is 4.24. The summed E-state index contributed by atoms with van der Waals surface area (Å²) in [4.78, 5) is 0. The van der Waals surface area contributed by atoms with Crippen molar-refractivity contribution in [3.8, 4) is 16.9 Å². The molecule has 0 radical (unpaired) electrons. The molecular weight excluding hydrogens is 392 g/mol. The second kappa shape index (κ2) is 10.6. The third kappa shape index (κ3) is 5.65. The molecule has 1 fully saturated rings. The summed E-state index contributed by atoms with van der Waals surface area (Å²) < 4.78 is 57.7. The third-order valence-corrected chi connectivity index (χ3v) is 5.93. The molecule has 3 rings (SSSR count). The first-order valence-electron chi connectivity index (χ1n) is 10.6. The molecule has 0 bridgehead atoms. The molecule has 0 N–H and O–H groups in total. The van der Waals surface area contributed by atoms with Gasteiger partial charge in [-0.3, -0.25) is 0 Å². The molecule has 1 nitrogen and oxygen atoms in total. The van der Waals surface area contributed by atoms with Gasteiger partial charge in [0.05, 0.1) is 0 Å². The molecule has 2 aromatic rings. The van der Waals surface area contributed by atoms with Crippen molar-refractivity contribution >= 4 is 0 Å². The molecule has 2 aromatic carbocycles. The van der Waals surface area contributed by atoms with E-state index in [2.05, 4.69) is 23.8 Å². The van der Waals surface area contributed by atoms with Crippen LogP contribution in [0, 0.1) is 17.6 Å². The van der Waals surface area contributed by atoms with Crippen LogP contribution in [0.4, 0.5) is 17.6 Å². The average molecular weight is 420 g/mol. The van der Waals surface area contributed by atoms with Gasteiger partial charge in [0, 0.05) is 5.56 Å². The van der Waals surface area contributed by atoms with Crippen LogP contribution in [0.2, 0.25) is 0 Å². The average Bonchev–Trinajstić information content (AvgIpc) is 2.76. The first-order chi connectivity index (χ1) is 14.5. The van der Waals surface area contributed by atoms with Crippen LogP contribution in [0.25, 0.3) is 11.1 Å². The zero-order valence-corrected chi connectivity index (χ0v) is 17.2. The van der Waals surface area contributed by atoms with Gasteiger partial charge in [0.25, 0.3) is 6.43 Å². The van der Waals surface area contributed by atoms with Crippen molar-refractivity contribution in [1.29, 1.82) is 0 Å². The molecule has 30 heavy (non-hydrogen) atoms. The quantitative estimate of drug-likeness (QED) is 0.311. The second-order valence-corrected chi connectivity index (χ2v) is 7.93. The predicted molar refractivity (Wildman–Crippen MR) is 112 cm³/mol. The summed E-state index contributed by atoms with van der Waals surface area (Å²) >= 11 is 0. The van der Waals surface area contributed by atoms with E-state index in [0.29, 0.717) is 11.5 Å². The van der Waals surface area contributed by atoms with Crippen molar-refractivity contribution in [1.82, 2.24) is 0 Å². The van der Waals surface area contributed by atoms with Crippen LogP contribution in [0.15, 0.2) is 48.6 Å². The van der Waals surface area contributed by atoms with E-state index in [4.69, 9.17) is 0 Å². The molecule has 0 heterocycles. The maximum Gasteiger partial charge on any atom is 0.272 e. The van der Waals surface area contributed by atoms with E-state index in [1.807, 2.05) is 12.1 Å². The number of halogens is 4. The molecule has 0 atom stereocenters. The minimum absolute atomic E-state index is 0.0936. The molecule has 1 aliphatic carbocycles. The van der Waals surface area contributed by atoms with Crippen molar-refractivity contribution < 1.29 is 22.3 Å². The summed E-state index contributed by atoms with van der Waals surface area (Å²) in [6.07, 6.45) is 8.73. The van der Waals surface area contributed by atoms with Crippen LogP contribution in [0.3, 0.4) is 0 Å². The summed E-state index contributed by atoms with van der Waals surface area (Å²) in [6.45, 7) is 1.08. The lowest BCUT2D eigenvalue weighted by atomic mass is 9.77. The van der Waals surface area contributed by atoms with Gasteiger partial charge in [-0.05, 0) is 80.5 Å². The molecule has 1 saturated carbocycles. The van der Waals surface area contributed by atoms with Gasteiger partial charge in [-0.2, -0.15) is 4.39 Å². The standard InChI is InChI=1S/C25H28F4O/c1-2-3-4-5-17-6-8-18(9-7-17)19-10-12-20(13-11-19)21-14-15-22(25(29)24(21)28)30-16-23(26)27/h2-3,10-15,17-18,23H,4-9,16H2,1H3. The molecule has 0 spiro atoms. The zero-order chi connectivity index (χ0) is 21.5. The molecule has 0 aromatic heterocycles. The Morgan fingerprint density at radius 1 is 0.967 bits per heavy atom. The van der Waals surface area contributed by atoms with Gasteiger partial charge in [0.15, 0.2) is 11.6 Å². The van der Waals surface area contributed by atoms with Gasteiger partial charge in [0.1, 0.15) is 6.61 Å². The summed E-state index contributed by atoms with van der Waals surface area (Å²) in [7, 11) is 0. The molecule has 1 aliphatic rings. The Hall–Kier alpha value is -2.30. The number of hydrogen-bond donors (Lipinski definition) is 0. The van der Waals surface area contributed by atoms with E-state index in [1.165, 1.54) is 37.0 Å². The van der Waals surface area contributed by atoms with E-state index >= 15 is 0 Å². The van der Waals surface area contributed by atoms with Crippen LogP contribution in [-0.4, -0.2) is 13.0 Å². The normalized spacial score (nSPS) is 19.5. The molecule has 0 unspecified atom stereocenters. The fraction of sp³-hybridized carbons (Fsp3) is 0.440. The Morgan fingerprint density at radius 2 is 1.67 bits per heavy atom. The Morgan fingerprint density at radius 3 is 2.30 bits per heavy atom. The molecule has 0 saturated heterocycles. The highest BCUT2D eigenvalue weighted by molar-refractivity contribution is 5.65. The van der Waals surface area contributed by atoms with Crippen LogP contribution < -0.4 is 4.74 Å². The minimum Gasteiger partial charge on any atom is -0.484 e. The van der Waals surface area contributed by atoms with E-state index in [-0.39, 0.29) is 5.56 Å². The largest absolute Gasteiger partial charge is 0.484 e. The lowest BCUT2D eigenvalue weighted by molar-refractivity contribution is 0.0795. The van der Waals surface area contributed by atoms with E-state index in [0.717, 1.165) is 25.2 Å². The van der Waals surface area contributed by atoms with Crippen LogP contribution in [0.5, 0.6) is 5.75 Å². The predicted octanol–water partition coefficient (Wildman–Crippen LogP) is 7.91. The molecule has 5 heteroatoms. The second-order valence-electron chi connectivity index (χ2n) is 7.93. The van der Waals surface area contributed by atoms with Gasteiger partial charge in [-0.1, -0.05) is 36.4 Å². The lowest BCUT2D eigenvalue weighted by Gasteiger charge is -2.28. The maximum atomic E-state index is 14.5. The monoisotopic (exact) mass is 420 g/mol. The van der Waals surface area contributed by atoms with E-state index in [9.17, 15) is 17.6 Å². The molecule has 0 aliphatic heterocycles. The van der Waals surface area contributed by atoms with Gasteiger partial charge in [-0.15, -0.1) is 0 Å². The number of rotatable bonds is 8. The van der Waals surface area contributed by atoms with E-state index in [1.54, 1.807) is 12.1 Å². The first kappa shape index (κ1) is 22.4. The molecular formula is C25H28F4O. The summed E-state index contributed by atoms with van der Waals surface area (Å²) in [6, 6.07) is 10.1. The Kier molecular flexibility index (Phi) is 7.94. The molecule has 162 valence electrons. The first-order valence-corrected chi connectivity index (χ1v) is 10.6. The van der Waals surface area contributed by atoms with Gasteiger partial charge >= 0.3 is 0 Å². The number of allylic oxidation sites excluding steroid dienone is 2. The van der Waals surface area contributed by atoms with Crippen molar-refractivity contribution in [2.24, 2.45) is 5.92 Å². The Balaban J connectivity index is 1.64. The smallest absolute Gasteiger partial charge is 0.272 e. The van der Waals surface area contributed by atoms with Crippen LogP contribution >= 0.6 is 0 Å². The van der Waals surface area contributed by atoms with Crippen LogP contribution in [-0.2, 0) is 0 Å². The third-order valence-electron chi connectivity index (χ3n) is 5.93. The summed E-state index contributed by atoms with van der Waals surface area (Å²) in [5, 5.41) is 0.